The summed E-state index contributed by atoms with van der Waals surface area (Å²) in [7, 11) is 0. The normalized spacial score (nSPS) is 14.8. The van der Waals surface area contributed by atoms with Gasteiger partial charge in [0, 0.05) is 17.8 Å². The van der Waals surface area contributed by atoms with E-state index in [9.17, 15) is 9.59 Å². The first-order valence-corrected chi connectivity index (χ1v) is 10.7. The average Bonchev–Trinajstić information content (AvgIpc) is 2.83. The lowest BCUT2D eigenvalue weighted by Crippen LogP contribution is -2.31. The van der Waals surface area contributed by atoms with Crippen LogP contribution in [0, 0.1) is 0 Å². The number of fused-ring (bicyclic) bond motifs is 1. The molecule has 1 atom stereocenters. The van der Waals surface area contributed by atoms with E-state index in [2.05, 4.69) is 16.7 Å². The molecule has 0 fully saturated rings. The maximum Gasteiger partial charge on any atom is 0.251 e. The van der Waals surface area contributed by atoms with Crippen LogP contribution in [0.25, 0.3) is 0 Å². The Balaban J connectivity index is 1.23. The molecule has 6 heteroatoms. The summed E-state index contributed by atoms with van der Waals surface area (Å²) in [6, 6.07) is 24.4. The predicted molar refractivity (Wildman–Crippen MR) is 123 cm³/mol. The Morgan fingerprint density at radius 1 is 0.938 bits per heavy atom. The Morgan fingerprint density at radius 3 is 2.50 bits per heavy atom. The highest BCUT2D eigenvalue weighted by molar-refractivity contribution is 5.95. The van der Waals surface area contributed by atoms with E-state index in [-0.39, 0.29) is 24.3 Å². The van der Waals surface area contributed by atoms with E-state index in [1.165, 1.54) is 5.56 Å². The van der Waals surface area contributed by atoms with Gasteiger partial charge in [0.15, 0.2) is 0 Å². The Kier molecular flexibility index (Phi) is 7.15. The molecule has 3 aromatic carbocycles. The van der Waals surface area contributed by atoms with Gasteiger partial charge in [-0.1, -0.05) is 42.5 Å². The molecule has 0 aliphatic carbocycles. The van der Waals surface area contributed by atoms with Crippen LogP contribution in [-0.2, 0) is 16.0 Å². The summed E-state index contributed by atoms with van der Waals surface area (Å²) >= 11 is 0. The summed E-state index contributed by atoms with van der Waals surface area (Å²) in [5.41, 5.74) is 3.57. The monoisotopic (exact) mass is 430 g/mol. The van der Waals surface area contributed by atoms with Crippen molar-refractivity contribution in [2.75, 3.05) is 25.1 Å². The van der Waals surface area contributed by atoms with Gasteiger partial charge in [0.2, 0.25) is 5.91 Å². The third-order valence-electron chi connectivity index (χ3n) is 5.31. The Labute approximate surface area is 187 Å². The van der Waals surface area contributed by atoms with Crippen LogP contribution in [0.2, 0.25) is 0 Å². The first kappa shape index (κ1) is 21.6. The van der Waals surface area contributed by atoms with Gasteiger partial charge in [-0.25, -0.2) is 0 Å². The molecule has 0 spiro atoms. The van der Waals surface area contributed by atoms with Gasteiger partial charge < -0.3 is 20.1 Å². The highest BCUT2D eigenvalue weighted by Crippen LogP contribution is 2.26. The molecule has 3 aromatic rings. The quantitative estimate of drug-likeness (QED) is 0.563. The SMILES string of the molecule is O=C(CCOc1ccccc1)Nc1ccc(C(=O)NCC2OCCc3ccccc32)cc1. The third-order valence-corrected chi connectivity index (χ3v) is 5.31. The summed E-state index contributed by atoms with van der Waals surface area (Å²) in [6.45, 7) is 1.36. The van der Waals surface area contributed by atoms with Crippen LogP contribution in [0.1, 0.15) is 34.0 Å². The van der Waals surface area contributed by atoms with Crippen LogP contribution in [0.5, 0.6) is 5.75 Å². The van der Waals surface area contributed by atoms with Gasteiger partial charge in [0.05, 0.1) is 19.6 Å². The number of hydrogen-bond donors (Lipinski definition) is 2. The standard InChI is InChI=1S/C26H26N2O4/c29-25(15-17-31-22-7-2-1-3-8-22)28-21-12-10-20(11-13-21)26(30)27-18-24-23-9-5-4-6-19(23)14-16-32-24/h1-13,24H,14-18H2,(H,27,30)(H,28,29). The van der Waals surface area contributed by atoms with E-state index in [0.717, 1.165) is 17.7 Å². The lowest BCUT2D eigenvalue weighted by Gasteiger charge is -2.26. The summed E-state index contributed by atoms with van der Waals surface area (Å²) in [6.07, 6.45) is 0.993. The second kappa shape index (κ2) is 10.6. The summed E-state index contributed by atoms with van der Waals surface area (Å²) in [5, 5.41) is 5.76. The van der Waals surface area contributed by atoms with Gasteiger partial charge in [-0.15, -0.1) is 0 Å². The minimum atomic E-state index is -0.175. The molecule has 1 heterocycles. The van der Waals surface area contributed by atoms with Gasteiger partial charge in [-0.05, 0) is 53.9 Å². The molecule has 0 bridgehead atoms. The van der Waals surface area contributed by atoms with Crippen LogP contribution in [0.4, 0.5) is 5.69 Å². The lowest BCUT2D eigenvalue weighted by atomic mass is 9.97. The first-order chi connectivity index (χ1) is 15.7. The number of carbonyl (C=O) groups is 2. The maximum absolute atomic E-state index is 12.5. The highest BCUT2D eigenvalue weighted by atomic mass is 16.5. The van der Waals surface area contributed by atoms with Gasteiger partial charge in [0.25, 0.3) is 5.91 Å². The van der Waals surface area contributed by atoms with Crippen molar-refractivity contribution >= 4 is 17.5 Å². The molecule has 0 aromatic heterocycles. The fourth-order valence-corrected chi connectivity index (χ4v) is 3.64. The molecule has 164 valence electrons. The molecule has 32 heavy (non-hydrogen) atoms. The molecule has 2 amide bonds. The minimum Gasteiger partial charge on any atom is -0.493 e. The molecule has 6 nitrogen and oxygen atoms in total. The lowest BCUT2D eigenvalue weighted by molar-refractivity contribution is -0.116. The van der Waals surface area contributed by atoms with Gasteiger partial charge in [0.1, 0.15) is 11.9 Å². The molecule has 2 N–H and O–H groups in total. The molecule has 0 saturated heterocycles. The average molecular weight is 431 g/mol. The highest BCUT2D eigenvalue weighted by Gasteiger charge is 2.21. The number of benzene rings is 3. The van der Waals surface area contributed by atoms with Gasteiger partial charge in [-0.2, -0.15) is 0 Å². The number of nitrogens with one attached hydrogen (secondary N) is 2. The number of para-hydroxylation sites is 1. The van der Waals surface area contributed by atoms with Crippen LogP contribution in [-0.4, -0.2) is 31.6 Å². The van der Waals surface area contributed by atoms with Crippen LogP contribution >= 0.6 is 0 Å². The fraction of sp³-hybridized carbons (Fsp3) is 0.231. The number of ether oxygens (including phenoxy) is 2. The van der Waals surface area contributed by atoms with Crippen molar-refractivity contribution in [3.8, 4) is 5.75 Å². The van der Waals surface area contributed by atoms with Crippen molar-refractivity contribution in [1.82, 2.24) is 5.32 Å². The predicted octanol–water partition coefficient (Wildman–Crippen LogP) is 4.14. The molecule has 0 radical (unpaired) electrons. The number of carbonyl (C=O) groups excluding carboxylic acids is 2. The van der Waals surface area contributed by atoms with Crippen LogP contribution in [0.3, 0.4) is 0 Å². The second-order valence-corrected chi connectivity index (χ2v) is 7.56. The zero-order valence-corrected chi connectivity index (χ0v) is 17.8. The summed E-state index contributed by atoms with van der Waals surface area (Å²) < 4.78 is 11.4. The van der Waals surface area contributed by atoms with E-state index < -0.39 is 0 Å². The summed E-state index contributed by atoms with van der Waals surface area (Å²) in [4.78, 5) is 24.7. The number of hydrogen-bond acceptors (Lipinski definition) is 4. The number of anilines is 1. The van der Waals surface area contributed by atoms with Crippen molar-refractivity contribution < 1.29 is 19.1 Å². The molecule has 1 aliphatic heterocycles. The van der Waals surface area contributed by atoms with Gasteiger partial charge >= 0.3 is 0 Å². The van der Waals surface area contributed by atoms with Crippen molar-refractivity contribution in [2.24, 2.45) is 0 Å². The van der Waals surface area contributed by atoms with E-state index in [1.54, 1.807) is 24.3 Å². The number of amides is 2. The van der Waals surface area contributed by atoms with E-state index in [4.69, 9.17) is 9.47 Å². The third kappa shape index (κ3) is 5.74. The summed E-state index contributed by atoms with van der Waals surface area (Å²) in [5.74, 6) is 0.412. The number of rotatable bonds is 8. The topological polar surface area (TPSA) is 76.7 Å². The van der Waals surface area contributed by atoms with Crippen LogP contribution < -0.4 is 15.4 Å². The maximum atomic E-state index is 12.5. The Morgan fingerprint density at radius 2 is 1.69 bits per heavy atom. The van der Waals surface area contributed by atoms with Crippen molar-refractivity contribution in [2.45, 2.75) is 18.9 Å². The molecular formula is C26H26N2O4. The first-order valence-electron chi connectivity index (χ1n) is 10.7. The van der Waals surface area contributed by atoms with E-state index in [1.807, 2.05) is 48.5 Å². The van der Waals surface area contributed by atoms with Crippen LogP contribution in [0.15, 0.2) is 78.9 Å². The fourth-order valence-electron chi connectivity index (χ4n) is 3.64. The van der Waals surface area contributed by atoms with E-state index >= 15 is 0 Å². The van der Waals surface area contributed by atoms with E-state index in [0.29, 0.717) is 31.0 Å². The minimum absolute atomic E-state index is 0.138. The van der Waals surface area contributed by atoms with Gasteiger partial charge in [-0.3, -0.25) is 9.59 Å². The van der Waals surface area contributed by atoms with Crippen molar-refractivity contribution in [3.63, 3.8) is 0 Å². The Bertz CT molecular complexity index is 1050. The largest absolute Gasteiger partial charge is 0.493 e. The van der Waals surface area contributed by atoms with Crippen molar-refractivity contribution in [3.05, 3.63) is 95.6 Å². The molecule has 0 saturated carbocycles. The zero-order valence-electron chi connectivity index (χ0n) is 17.8. The molecular weight excluding hydrogens is 404 g/mol. The smallest absolute Gasteiger partial charge is 0.251 e. The second-order valence-electron chi connectivity index (χ2n) is 7.56. The van der Waals surface area contributed by atoms with Crippen molar-refractivity contribution in [1.29, 1.82) is 0 Å². The Hall–Kier alpha value is -3.64. The molecule has 1 aliphatic rings. The molecule has 4 rings (SSSR count). The molecule has 1 unspecified atom stereocenters. The zero-order chi connectivity index (χ0) is 22.2.